The number of halogens is 3. The maximum Gasteiger partial charge on any atom is 0.435 e. The minimum absolute atomic E-state index is 0.313. The lowest BCUT2D eigenvalue weighted by Crippen LogP contribution is -2.17. The minimum Gasteiger partial charge on any atom is -0.465 e. The van der Waals surface area contributed by atoms with Gasteiger partial charge in [0.15, 0.2) is 10.8 Å². The molecule has 1 heterocycles. The molecule has 2 amide bonds. The number of anilines is 2. The number of aromatic nitrogens is 1. The molecule has 2 rings (SSSR count). The molecule has 0 aliphatic heterocycles. The number of benzene rings is 1. The van der Waals surface area contributed by atoms with Crippen molar-refractivity contribution in [3.8, 4) is 0 Å². The molecule has 0 aliphatic carbocycles. The van der Waals surface area contributed by atoms with E-state index in [1.165, 1.54) is 6.07 Å². The van der Waals surface area contributed by atoms with E-state index in [4.69, 9.17) is 5.11 Å². The zero-order valence-corrected chi connectivity index (χ0v) is 12.4. The zero-order valence-electron chi connectivity index (χ0n) is 11.6. The number of nitrogens with one attached hydrogen (secondary N) is 2. The van der Waals surface area contributed by atoms with Gasteiger partial charge in [0.1, 0.15) is 4.88 Å². The molecule has 6 nitrogen and oxygen atoms in total. The fourth-order valence-electron chi connectivity index (χ4n) is 1.70. The largest absolute Gasteiger partial charge is 0.465 e. The van der Waals surface area contributed by atoms with Crippen LogP contribution in [0.25, 0.3) is 0 Å². The first-order chi connectivity index (χ1) is 10.7. The summed E-state index contributed by atoms with van der Waals surface area (Å²) in [6, 6.07) is 6.56. The van der Waals surface area contributed by atoms with Gasteiger partial charge in [-0.3, -0.25) is 10.1 Å². The first-order valence-corrected chi connectivity index (χ1v) is 6.95. The second-order valence-corrected chi connectivity index (χ2v) is 5.39. The quantitative estimate of drug-likeness (QED) is 0.789. The number of nitrogens with zero attached hydrogens (tertiary/aromatic N) is 1. The number of carbonyl (C=O) groups excluding carboxylic acids is 1. The van der Waals surface area contributed by atoms with Crippen LogP contribution < -0.4 is 10.6 Å². The van der Waals surface area contributed by atoms with Crippen molar-refractivity contribution in [3.05, 3.63) is 40.4 Å². The lowest BCUT2D eigenvalue weighted by atomic mass is 10.2. The van der Waals surface area contributed by atoms with Crippen molar-refractivity contribution < 1.29 is 27.9 Å². The Balaban J connectivity index is 2.37. The van der Waals surface area contributed by atoms with Gasteiger partial charge in [0.2, 0.25) is 0 Å². The smallest absolute Gasteiger partial charge is 0.435 e. The number of carboxylic acid groups (broad SMARTS) is 1. The third-order valence-electron chi connectivity index (χ3n) is 2.71. The van der Waals surface area contributed by atoms with E-state index in [1.54, 1.807) is 30.4 Å². The van der Waals surface area contributed by atoms with Crippen LogP contribution in [0.4, 0.5) is 28.8 Å². The van der Waals surface area contributed by atoms with Crippen LogP contribution in [0.3, 0.4) is 0 Å². The first kappa shape index (κ1) is 16.7. The summed E-state index contributed by atoms with van der Waals surface area (Å²) < 4.78 is 38.9. The number of rotatable bonds is 3. The number of thiazole rings is 1. The molecule has 0 aliphatic rings. The van der Waals surface area contributed by atoms with Crippen LogP contribution in [0.15, 0.2) is 24.3 Å². The number of hydrogen-bond acceptors (Lipinski definition) is 4. The second kappa shape index (κ2) is 6.24. The van der Waals surface area contributed by atoms with Crippen LogP contribution >= 0.6 is 11.3 Å². The van der Waals surface area contributed by atoms with Gasteiger partial charge in [0.25, 0.3) is 5.91 Å². The summed E-state index contributed by atoms with van der Waals surface area (Å²) in [5.41, 5.74) is -0.410. The van der Waals surface area contributed by atoms with Crippen LogP contribution in [-0.4, -0.2) is 22.1 Å². The van der Waals surface area contributed by atoms with Crippen molar-refractivity contribution in [2.24, 2.45) is 0 Å². The Bertz CT molecular complexity index is 758. The Morgan fingerprint density at radius 3 is 2.43 bits per heavy atom. The maximum absolute atomic E-state index is 13.0. The van der Waals surface area contributed by atoms with Crippen LogP contribution in [0, 0.1) is 6.92 Å². The molecule has 0 bridgehead atoms. The van der Waals surface area contributed by atoms with Crippen molar-refractivity contribution in [2.75, 3.05) is 10.6 Å². The lowest BCUT2D eigenvalue weighted by Gasteiger charge is -2.09. The zero-order chi connectivity index (χ0) is 17.2. The van der Waals surface area contributed by atoms with Gasteiger partial charge in [-0.1, -0.05) is 29.5 Å². The lowest BCUT2D eigenvalue weighted by molar-refractivity contribution is -0.140. The van der Waals surface area contributed by atoms with Crippen LogP contribution in [0.5, 0.6) is 0 Å². The molecule has 0 unspecified atom stereocenters. The number of hydrogen-bond donors (Lipinski definition) is 3. The molecule has 122 valence electrons. The van der Waals surface area contributed by atoms with E-state index in [0.717, 1.165) is 0 Å². The third kappa shape index (κ3) is 3.97. The van der Waals surface area contributed by atoms with E-state index in [1.807, 2.05) is 0 Å². The average molecular weight is 345 g/mol. The molecule has 2 aromatic rings. The molecule has 23 heavy (non-hydrogen) atoms. The standard InChI is InChI=1S/C13H10F3N3O3S/c1-6-4-2-3-5-7(6)17-10(20)8-9(13(14,15)16)18-11(23-8)19-12(21)22/h2-5H,1H3,(H,17,20)(H,18,19)(H,21,22). The SMILES string of the molecule is Cc1ccccc1NC(=O)c1sc(NC(=O)O)nc1C(F)(F)F. The monoisotopic (exact) mass is 345 g/mol. The molecule has 1 aromatic heterocycles. The summed E-state index contributed by atoms with van der Waals surface area (Å²) >= 11 is 0.313. The highest BCUT2D eigenvalue weighted by Gasteiger charge is 2.40. The highest BCUT2D eigenvalue weighted by Crippen LogP contribution is 2.36. The fraction of sp³-hybridized carbons (Fsp3) is 0.154. The van der Waals surface area contributed by atoms with Crippen molar-refractivity contribution in [1.82, 2.24) is 4.98 Å². The molecule has 0 radical (unpaired) electrons. The summed E-state index contributed by atoms with van der Waals surface area (Å²) in [6.45, 7) is 1.68. The van der Waals surface area contributed by atoms with Crippen molar-refractivity contribution in [2.45, 2.75) is 13.1 Å². The van der Waals surface area contributed by atoms with Gasteiger partial charge < -0.3 is 10.4 Å². The average Bonchev–Trinajstić information content (AvgIpc) is 2.84. The summed E-state index contributed by atoms with van der Waals surface area (Å²) in [5, 5.41) is 12.1. The van der Waals surface area contributed by atoms with Crippen LogP contribution in [0.2, 0.25) is 0 Å². The Hall–Kier alpha value is -2.62. The fourth-order valence-corrected chi connectivity index (χ4v) is 2.57. The molecule has 3 N–H and O–H groups in total. The predicted octanol–water partition coefficient (Wildman–Crippen LogP) is 3.81. The van der Waals surface area contributed by atoms with Crippen LogP contribution in [0.1, 0.15) is 20.9 Å². The molecule has 0 spiro atoms. The summed E-state index contributed by atoms with van der Waals surface area (Å²) in [7, 11) is 0. The molecule has 0 atom stereocenters. The van der Waals surface area contributed by atoms with E-state index in [-0.39, 0.29) is 0 Å². The van der Waals surface area contributed by atoms with Crippen LogP contribution in [-0.2, 0) is 6.18 Å². The van der Waals surface area contributed by atoms with E-state index in [9.17, 15) is 22.8 Å². The Morgan fingerprint density at radius 1 is 1.22 bits per heavy atom. The molecule has 0 saturated heterocycles. The summed E-state index contributed by atoms with van der Waals surface area (Å²) in [6.07, 6.45) is -6.45. The van der Waals surface area contributed by atoms with Gasteiger partial charge in [0, 0.05) is 5.69 Å². The Labute approximate surface area is 132 Å². The van der Waals surface area contributed by atoms with E-state index in [2.05, 4.69) is 10.3 Å². The highest BCUT2D eigenvalue weighted by molar-refractivity contribution is 7.17. The number of amides is 2. The molecular formula is C13H10F3N3O3S. The summed E-state index contributed by atoms with van der Waals surface area (Å²) in [5.74, 6) is -1.01. The van der Waals surface area contributed by atoms with Gasteiger partial charge >= 0.3 is 12.3 Å². The van der Waals surface area contributed by atoms with E-state index < -0.39 is 33.9 Å². The minimum atomic E-state index is -4.88. The molecule has 10 heteroatoms. The first-order valence-electron chi connectivity index (χ1n) is 6.13. The Kier molecular flexibility index (Phi) is 4.55. The normalized spacial score (nSPS) is 11.1. The van der Waals surface area contributed by atoms with Gasteiger partial charge in [0.05, 0.1) is 0 Å². The predicted molar refractivity (Wildman–Crippen MR) is 77.9 cm³/mol. The number of carbonyl (C=O) groups is 2. The molecule has 1 aromatic carbocycles. The van der Waals surface area contributed by atoms with Crippen molar-refractivity contribution in [3.63, 3.8) is 0 Å². The highest BCUT2D eigenvalue weighted by atomic mass is 32.1. The molecular weight excluding hydrogens is 335 g/mol. The number of para-hydroxylation sites is 1. The molecule has 0 saturated carbocycles. The topological polar surface area (TPSA) is 91.3 Å². The van der Waals surface area contributed by atoms with Gasteiger partial charge in [-0.05, 0) is 18.6 Å². The van der Waals surface area contributed by atoms with Gasteiger partial charge in [-0.2, -0.15) is 13.2 Å². The van der Waals surface area contributed by atoms with Crippen molar-refractivity contribution in [1.29, 1.82) is 0 Å². The summed E-state index contributed by atoms with van der Waals surface area (Å²) in [4.78, 5) is 25.1. The Morgan fingerprint density at radius 2 is 1.87 bits per heavy atom. The molecule has 0 fully saturated rings. The second-order valence-electron chi connectivity index (χ2n) is 4.39. The van der Waals surface area contributed by atoms with E-state index in [0.29, 0.717) is 22.6 Å². The third-order valence-corrected chi connectivity index (χ3v) is 3.68. The van der Waals surface area contributed by atoms with Gasteiger partial charge in [-0.25, -0.2) is 9.78 Å². The van der Waals surface area contributed by atoms with Crippen molar-refractivity contribution >= 4 is 34.2 Å². The number of aryl methyl sites for hydroxylation is 1. The number of alkyl halides is 3. The van der Waals surface area contributed by atoms with E-state index >= 15 is 0 Å². The maximum atomic E-state index is 13.0. The van der Waals surface area contributed by atoms with Gasteiger partial charge in [-0.15, -0.1) is 0 Å².